The highest BCUT2D eigenvalue weighted by Crippen LogP contribution is 2.36. The first kappa shape index (κ1) is 21.3. The highest BCUT2D eigenvalue weighted by Gasteiger charge is 2.33. The van der Waals surface area contributed by atoms with Gasteiger partial charge in [-0.2, -0.15) is 13.2 Å². The summed E-state index contributed by atoms with van der Waals surface area (Å²) in [5.41, 5.74) is -1.19. The smallest absolute Gasteiger partial charge is 0.417 e. The van der Waals surface area contributed by atoms with E-state index in [0.29, 0.717) is 5.76 Å². The van der Waals surface area contributed by atoms with Gasteiger partial charge in [0, 0.05) is 5.69 Å². The Morgan fingerprint density at radius 1 is 1.27 bits per heavy atom. The minimum Gasteiger partial charge on any atom is -0.467 e. The normalized spacial score (nSPS) is 11.3. The lowest BCUT2D eigenvalue weighted by Gasteiger charge is -2.21. The first-order valence-electron chi connectivity index (χ1n) is 8.40. The number of furan rings is 1. The quantitative estimate of drug-likeness (QED) is 0.603. The highest BCUT2D eigenvalue weighted by atomic mass is 35.5. The Balaban J connectivity index is 1.72. The molecule has 1 N–H and O–H groups in total. The molecule has 0 fully saturated rings. The molecule has 2 amide bonds. The van der Waals surface area contributed by atoms with Gasteiger partial charge in [-0.15, -0.1) is 5.10 Å². The Kier molecular flexibility index (Phi) is 6.35. The molecule has 0 saturated carbocycles. The zero-order chi connectivity index (χ0) is 21.7. The van der Waals surface area contributed by atoms with Crippen LogP contribution in [-0.2, 0) is 28.9 Å². The zero-order valence-corrected chi connectivity index (χ0v) is 15.9. The van der Waals surface area contributed by atoms with Gasteiger partial charge in [-0.25, -0.2) is 4.68 Å². The van der Waals surface area contributed by atoms with Crippen molar-refractivity contribution < 1.29 is 27.2 Å². The molecule has 0 spiro atoms. The third-order valence-corrected chi connectivity index (χ3v) is 4.19. The lowest BCUT2D eigenvalue weighted by atomic mass is 10.2. The fourth-order valence-electron chi connectivity index (χ4n) is 2.51. The first-order chi connectivity index (χ1) is 14.2. The van der Waals surface area contributed by atoms with Crippen LogP contribution in [0.15, 0.2) is 47.3 Å². The van der Waals surface area contributed by atoms with E-state index in [1.165, 1.54) is 23.3 Å². The fraction of sp³-hybridized carbons (Fsp3) is 0.235. The number of rotatable bonds is 7. The average molecular weight is 443 g/mol. The van der Waals surface area contributed by atoms with Crippen molar-refractivity contribution in [2.75, 3.05) is 11.9 Å². The van der Waals surface area contributed by atoms with E-state index >= 15 is 0 Å². The van der Waals surface area contributed by atoms with E-state index in [4.69, 9.17) is 16.0 Å². The van der Waals surface area contributed by atoms with E-state index in [0.717, 1.165) is 17.0 Å². The van der Waals surface area contributed by atoms with E-state index < -0.39 is 35.1 Å². The van der Waals surface area contributed by atoms with Crippen molar-refractivity contribution >= 4 is 29.1 Å². The standard InChI is InChI=1S/C17H14ClF3N6O3/c18-14-4-3-11(6-13(14)17(19,20)21)23-15(28)8-26(7-12-2-1-5-30-12)16(29)9-27-10-22-24-25-27/h1-6,10H,7-9H2,(H,23,28). The fourth-order valence-corrected chi connectivity index (χ4v) is 2.73. The number of carbonyl (C=O) groups is 2. The summed E-state index contributed by atoms with van der Waals surface area (Å²) in [4.78, 5) is 26.1. The number of amides is 2. The van der Waals surface area contributed by atoms with Gasteiger partial charge in [0.2, 0.25) is 11.8 Å². The van der Waals surface area contributed by atoms with Gasteiger partial charge in [-0.05, 0) is 40.8 Å². The van der Waals surface area contributed by atoms with Gasteiger partial charge in [0.1, 0.15) is 25.2 Å². The number of aromatic nitrogens is 4. The molecule has 0 bridgehead atoms. The van der Waals surface area contributed by atoms with Crippen LogP contribution in [0.2, 0.25) is 5.02 Å². The van der Waals surface area contributed by atoms with Gasteiger partial charge in [-0.1, -0.05) is 11.6 Å². The molecule has 30 heavy (non-hydrogen) atoms. The average Bonchev–Trinajstić information content (AvgIpc) is 3.36. The van der Waals surface area contributed by atoms with Gasteiger partial charge in [0.15, 0.2) is 0 Å². The predicted molar refractivity (Wildman–Crippen MR) is 97.0 cm³/mol. The van der Waals surface area contributed by atoms with Crippen molar-refractivity contribution in [1.82, 2.24) is 25.1 Å². The largest absolute Gasteiger partial charge is 0.467 e. The van der Waals surface area contributed by atoms with E-state index in [2.05, 4.69) is 20.8 Å². The Bertz CT molecular complexity index is 1010. The molecule has 0 saturated heterocycles. The second kappa shape index (κ2) is 8.95. The molecule has 1 aromatic carbocycles. The predicted octanol–water partition coefficient (Wildman–Crippen LogP) is 2.61. The molecular weight excluding hydrogens is 429 g/mol. The minimum atomic E-state index is -4.68. The molecule has 13 heteroatoms. The van der Waals surface area contributed by atoms with Crippen LogP contribution in [0.25, 0.3) is 0 Å². The van der Waals surface area contributed by atoms with E-state index in [1.54, 1.807) is 12.1 Å². The molecule has 2 aromatic heterocycles. The summed E-state index contributed by atoms with van der Waals surface area (Å²) >= 11 is 5.58. The van der Waals surface area contributed by atoms with Gasteiger partial charge >= 0.3 is 6.18 Å². The SMILES string of the molecule is O=C(CN(Cc1ccco1)C(=O)Cn1cnnn1)Nc1ccc(Cl)c(C(F)(F)F)c1. The maximum absolute atomic E-state index is 13.0. The van der Waals surface area contributed by atoms with Crippen molar-refractivity contribution in [2.45, 2.75) is 19.3 Å². The van der Waals surface area contributed by atoms with Crippen molar-refractivity contribution in [1.29, 1.82) is 0 Å². The molecule has 0 radical (unpaired) electrons. The highest BCUT2D eigenvalue weighted by molar-refractivity contribution is 6.31. The molecule has 0 aliphatic heterocycles. The number of anilines is 1. The molecule has 9 nitrogen and oxygen atoms in total. The molecule has 3 aromatic rings. The third kappa shape index (κ3) is 5.56. The number of carbonyl (C=O) groups excluding carboxylic acids is 2. The minimum absolute atomic E-state index is 0.0319. The Morgan fingerprint density at radius 2 is 2.07 bits per heavy atom. The summed E-state index contributed by atoms with van der Waals surface area (Å²) in [6.07, 6.45) is -2.04. The lowest BCUT2D eigenvalue weighted by molar-refractivity contribution is -0.137. The monoisotopic (exact) mass is 442 g/mol. The molecule has 0 unspecified atom stereocenters. The summed E-state index contributed by atoms with van der Waals surface area (Å²) in [7, 11) is 0. The Hall–Kier alpha value is -3.41. The summed E-state index contributed by atoms with van der Waals surface area (Å²) in [6.45, 7) is -0.707. The molecule has 0 aliphatic carbocycles. The second-order valence-electron chi connectivity index (χ2n) is 6.08. The summed E-state index contributed by atoms with van der Waals surface area (Å²) in [5, 5.41) is 12.3. The number of tetrazole rings is 1. The maximum Gasteiger partial charge on any atom is 0.417 e. The van der Waals surface area contributed by atoms with Crippen LogP contribution in [0.4, 0.5) is 18.9 Å². The third-order valence-electron chi connectivity index (χ3n) is 3.86. The van der Waals surface area contributed by atoms with Crippen molar-refractivity contribution in [2.24, 2.45) is 0 Å². The molecule has 0 atom stereocenters. The number of nitrogens with one attached hydrogen (secondary N) is 1. The molecular formula is C17H14ClF3N6O3. The molecule has 158 valence electrons. The van der Waals surface area contributed by atoms with Gasteiger partial charge in [-0.3, -0.25) is 9.59 Å². The number of halogens is 4. The van der Waals surface area contributed by atoms with Crippen LogP contribution < -0.4 is 5.32 Å². The Morgan fingerprint density at radius 3 is 2.70 bits per heavy atom. The molecule has 3 rings (SSSR count). The van der Waals surface area contributed by atoms with E-state index in [9.17, 15) is 22.8 Å². The summed E-state index contributed by atoms with van der Waals surface area (Å²) in [5.74, 6) is -0.790. The van der Waals surface area contributed by atoms with Crippen LogP contribution in [0.3, 0.4) is 0 Å². The van der Waals surface area contributed by atoms with Crippen molar-refractivity contribution in [3.05, 3.63) is 59.3 Å². The maximum atomic E-state index is 13.0. The zero-order valence-electron chi connectivity index (χ0n) is 15.1. The van der Waals surface area contributed by atoms with Crippen molar-refractivity contribution in [3.8, 4) is 0 Å². The van der Waals surface area contributed by atoms with E-state index in [-0.39, 0.29) is 18.8 Å². The van der Waals surface area contributed by atoms with E-state index in [1.807, 2.05) is 0 Å². The van der Waals surface area contributed by atoms with Crippen LogP contribution in [-0.4, -0.2) is 43.5 Å². The molecule has 0 aliphatic rings. The molecule has 2 heterocycles. The number of benzene rings is 1. The number of alkyl halides is 3. The summed E-state index contributed by atoms with van der Waals surface area (Å²) in [6, 6.07) is 6.22. The number of hydrogen-bond donors (Lipinski definition) is 1. The lowest BCUT2D eigenvalue weighted by Crippen LogP contribution is -2.39. The Labute approximate surface area is 172 Å². The second-order valence-corrected chi connectivity index (χ2v) is 6.48. The van der Waals surface area contributed by atoms with Crippen LogP contribution in [0.1, 0.15) is 11.3 Å². The number of hydrogen-bond acceptors (Lipinski definition) is 6. The van der Waals surface area contributed by atoms with Crippen molar-refractivity contribution in [3.63, 3.8) is 0 Å². The van der Waals surface area contributed by atoms with Crippen LogP contribution in [0.5, 0.6) is 0 Å². The topological polar surface area (TPSA) is 106 Å². The first-order valence-corrected chi connectivity index (χ1v) is 8.77. The van der Waals surface area contributed by atoms with Crippen LogP contribution in [0, 0.1) is 0 Å². The summed E-state index contributed by atoms with van der Waals surface area (Å²) < 4.78 is 45.4. The number of nitrogens with zero attached hydrogens (tertiary/aromatic N) is 5. The van der Waals surface area contributed by atoms with Gasteiger partial charge in [0.05, 0.1) is 23.4 Å². The van der Waals surface area contributed by atoms with Gasteiger partial charge < -0.3 is 14.6 Å². The van der Waals surface area contributed by atoms with Crippen LogP contribution >= 0.6 is 11.6 Å². The van der Waals surface area contributed by atoms with Gasteiger partial charge in [0.25, 0.3) is 0 Å².